The van der Waals surface area contributed by atoms with Crippen LogP contribution in [0.1, 0.15) is 12.8 Å². The predicted molar refractivity (Wildman–Crippen MR) is 91.1 cm³/mol. The lowest BCUT2D eigenvalue weighted by atomic mass is 10.1. The van der Waals surface area contributed by atoms with Crippen LogP contribution in [0.15, 0.2) is 12.4 Å². The summed E-state index contributed by atoms with van der Waals surface area (Å²) in [5.74, 6) is -0.386. The van der Waals surface area contributed by atoms with Crippen molar-refractivity contribution in [1.82, 2.24) is 14.2 Å². The van der Waals surface area contributed by atoms with Crippen LogP contribution in [-0.2, 0) is 11.4 Å². The summed E-state index contributed by atoms with van der Waals surface area (Å²) in [6.45, 7) is 4.99. The molecule has 6 nitrogen and oxygen atoms in total. The van der Waals surface area contributed by atoms with Gasteiger partial charge in [0.25, 0.3) is 0 Å². The first kappa shape index (κ1) is 16.8. The molecule has 23 heavy (non-hydrogen) atoms. The average Bonchev–Trinajstić information content (AvgIpc) is 2.55. The van der Waals surface area contributed by atoms with Crippen molar-refractivity contribution in [3.8, 4) is 0 Å². The van der Waals surface area contributed by atoms with Gasteiger partial charge in [-0.25, -0.2) is 4.39 Å². The zero-order valence-corrected chi connectivity index (χ0v) is 14.3. The number of piperazine rings is 1. The van der Waals surface area contributed by atoms with Gasteiger partial charge in [0, 0.05) is 50.4 Å². The molecule has 2 aliphatic heterocycles. The smallest absolute Gasteiger partial charge is 0.166 e. The fraction of sp³-hybridized carbons (Fsp3) is 0.667. The van der Waals surface area contributed by atoms with E-state index in [0.29, 0.717) is 24.5 Å². The van der Waals surface area contributed by atoms with E-state index in [1.165, 1.54) is 12.4 Å². The van der Waals surface area contributed by atoms with E-state index in [1.807, 2.05) is 4.90 Å². The number of hydrogen-bond donors (Lipinski definition) is 1. The molecule has 2 aliphatic rings. The topological polar surface area (TPSA) is 71.7 Å². The third kappa shape index (κ3) is 3.71. The maximum absolute atomic E-state index is 14.0. The van der Waals surface area contributed by atoms with E-state index < -0.39 is 11.4 Å². The Hall–Kier alpha value is -1.09. The van der Waals surface area contributed by atoms with Gasteiger partial charge in [-0.15, -0.1) is 4.31 Å². The summed E-state index contributed by atoms with van der Waals surface area (Å²) >= 11 is -0.947. The Morgan fingerprint density at radius 1 is 1.17 bits per heavy atom. The third-order valence-electron chi connectivity index (χ3n) is 4.66. The van der Waals surface area contributed by atoms with Crippen LogP contribution in [0.4, 0.5) is 15.8 Å². The molecule has 1 unspecified atom stereocenters. The van der Waals surface area contributed by atoms with Gasteiger partial charge in [0.1, 0.15) is 5.25 Å². The van der Waals surface area contributed by atoms with Crippen molar-refractivity contribution in [1.29, 1.82) is 0 Å². The molecular weight excluding hydrogens is 317 g/mol. The Balaban J connectivity index is 1.58. The number of nitrogens with zero attached hydrogens (tertiary/aromatic N) is 4. The number of aromatic nitrogens is 1. The van der Waals surface area contributed by atoms with E-state index in [4.69, 9.17) is 5.73 Å². The molecule has 0 aromatic carbocycles. The van der Waals surface area contributed by atoms with E-state index >= 15 is 0 Å². The number of halogens is 1. The minimum atomic E-state index is -0.947. The maximum atomic E-state index is 14.0. The van der Waals surface area contributed by atoms with Crippen molar-refractivity contribution in [2.45, 2.75) is 18.1 Å². The normalized spacial score (nSPS) is 23.2. The number of nitrogen functional groups attached to an aromatic ring is 1. The van der Waals surface area contributed by atoms with Crippen molar-refractivity contribution in [3.63, 3.8) is 0 Å². The molecule has 1 atom stereocenters. The summed E-state index contributed by atoms with van der Waals surface area (Å²) in [4.78, 5) is 7.97. The van der Waals surface area contributed by atoms with Crippen LogP contribution in [0.5, 0.6) is 0 Å². The molecule has 0 radical (unpaired) electrons. The SMILES string of the molecule is CN1CCN([S+]([O-])C2CCN(c3c(N)cncc3F)CC2)CC1. The van der Waals surface area contributed by atoms with Gasteiger partial charge in [-0.2, -0.15) is 0 Å². The molecule has 0 spiro atoms. The fourth-order valence-electron chi connectivity index (χ4n) is 3.24. The maximum Gasteiger partial charge on any atom is 0.166 e. The Labute approximate surface area is 139 Å². The van der Waals surface area contributed by atoms with Crippen LogP contribution in [0, 0.1) is 5.82 Å². The second-order valence-electron chi connectivity index (χ2n) is 6.25. The van der Waals surface area contributed by atoms with Gasteiger partial charge in [0.2, 0.25) is 0 Å². The molecule has 128 valence electrons. The highest BCUT2D eigenvalue weighted by Crippen LogP contribution is 2.30. The van der Waals surface area contributed by atoms with Crippen LogP contribution >= 0.6 is 0 Å². The summed E-state index contributed by atoms with van der Waals surface area (Å²) in [5.41, 5.74) is 6.66. The first-order valence-electron chi connectivity index (χ1n) is 8.04. The van der Waals surface area contributed by atoms with E-state index in [2.05, 4.69) is 21.2 Å². The van der Waals surface area contributed by atoms with Gasteiger partial charge in [-0.05, 0) is 7.05 Å². The van der Waals surface area contributed by atoms with E-state index in [9.17, 15) is 8.94 Å². The molecule has 8 heteroatoms. The van der Waals surface area contributed by atoms with Gasteiger partial charge >= 0.3 is 0 Å². The van der Waals surface area contributed by atoms with Crippen LogP contribution in [0.25, 0.3) is 0 Å². The predicted octanol–water partition coefficient (Wildman–Crippen LogP) is 0.683. The largest absolute Gasteiger partial charge is 0.598 e. The zero-order valence-electron chi connectivity index (χ0n) is 13.4. The Morgan fingerprint density at radius 2 is 1.83 bits per heavy atom. The standard InChI is InChI=1S/C15H24FN5OS/c1-19-6-8-21(9-7-19)23(22)12-2-4-20(5-3-12)15-13(16)10-18-11-14(15)17/h10-12H,2-9,17H2,1H3. The molecule has 0 saturated carbocycles. The second kappa shape index (κ2) is 7.21. The molecule has 2 N–H and O–H groups in total. The van der Waals surface area contributed by atoms with Gasteiger partial charge in [-0.3, -0.25) is 4.98 Å². The molecule has 1 aromatic heterocycles. The van der Waals surface area contributed by atoms with Crippen LogP contribution in [-0.4, -0.2) is 70.3 Å². The molecule has 1 aromatic rings. The summed E-state index contributed by atoms with van der Waals surface area (Å²) < 4.78 is 28.8. The fourth-order valence-corrected chi connectivity index (χ4v) is 4.80. The second-order valence-corrected chi connectivity index (χ2v) is 7.99. The summed E-state index contributed by atoms with van der Waals surface area (Å²) in [5, 5.41) is 0.153. The van der Waals surface area contributed by atoms with Crippen molar-refractivity contribution in [2.75, 3.05) is 56.9 Å². The lowest BCUT2D eigenvalue weighted by Gasteiger charge is -2.39. The molecule has 2 saturated heterocycles. The monoisotopic (exact) mass is 341 g/mol. The van der Waals surface area contributed by atoms with E-state index in [0.717, 1.165) is 39.0 Å². The third-order valence-corrected chi connectivity index (χ3v) is 6.58. The quantitative estimate of drug-likeness (QED) is 0.816. The van der Waals surface area contributed by atoms with Gasteiger partial charge in [0.05, 0.1) is 36.9 Å². The highest BCUT2D eigenvalue weighted by atomic mass is 32.2. The molecule has 0 amide bonds. The molecular formula is C15H24FN5OS. The molecule has 3 rings (SSSR count). The van der Waals surface area contributed by atoms with Crippen molar-refractivity contribution in [3.05, 3.63) is 18.2 Å². The number of pyridine rings is 1. The average molecular weight is 341 g/mol. The van der Waals surface area contributed by atoms with Crippen molar-refractivity contribution in [2.24, 2.45) is 0 Å². The first-order chi connectivity index (χ1) is 11.1. The zero-order chi connectivity index (χ0) is 16.4. The minimum Gasteiger partial charge on any atom is -0.598 e. The summed E-state index contributed by atoms with van der Waals surface area (Å²) in [6, 6.07) is 0. The van der Waals surface area contributed by atoms with Gasteiger partial charge in [0.15, 0.2) is 5.82 Å². The first-order valence-corrected chi connectivity index (χ1v) is 9.21. The number of piperidine rings is 1. The minimum absolute atomic E-state index is 0.153. The van der Waals surface area contributed by atoms with Crippen LogP contribution < -0.4 is 10.6 Å². The number of nitrogens with two attached hydrogens (primary N) is 1. The van der Waals surface area contributed by atoms with Crippen LogP contribution in [0.3, 0.4) is 0 Å². The molecule has 2 fully saturated rings. The molecule has 3 heterocycles. The van der Waals surface area contributed by atoms with Gasteiger partial charge in [-0.1, -0.05) is 0 Å². The highest BCUT2D eigenvalue weighted by molar-refractivity contribution is 7.89. The lowest BCUT2D eigenvalue weighted by molar-refractivity contribution is 0.220. The number of rotatable bonds is 3. The highest BCUT2D eigenvalue weighted by Gasteiger charge is 2.35. The summed E-state index contributed by atoms with van der Waals surface area (Å²) in [7, 11) is 2.09. The van der Waals surface area contributed by atoms with Crippen LogP contribution in [0.2, 0.25) is 0 Å². The molecule has 0 aliphatic carbocycles. The van der Waals surface area contributed by atoms with Crippen molar-refractivity contribution >= 4 is 22.7 Å². The Morgan fingerprint density at radius 3 is 2.43 bits per heavy atom. The Kier molecular flexibility index (Phi) is 5.25. The number of likely N-dealkylation sites (N-methyl/N-ethyl adjacent to an activating group) is 1. The van der Waals surface area contributed by atoms with Gasteiger partial charge < -0.3 is 20.1 Å². The lowest BCUT2D eigenvalue weighted by Crippen LogP contribution is -2.52. The molecule has 0 bridgehead atoms. The number of anilines is 2. The Bertz CT molecular complexity index is 512. The van der Waals surface area contributed by atoms with E-state index in [1.54, 1.807) is 0 Å². The number of hydrogen-bond acceptors (Lipinski definition) is 6. The van der Waals surface area contributed by atoms with Crippen molar-refractivity contribution < 1.29 is 8.94 Å². The summed E-state index contributed by atoms with van der Waals surface area (Å²) in [6.07, 6.45) is 4.26. The van der Waals surface area contributed by atoms with E-state index in [-0.39, 0.29) is 11.1 Å².